The lowest BCUT2D eigenvalue weighted by Gasteiger charge is -1.96. The lowest BCUT2D eigenvalue weighted by Crippen LogP contribution is -1.80. The highest BCUT2D eigenvalue weighted by atomic mass is 32.2. The predicted octanol–water partition coefficient (Wildman–Crippen LogP) is 1.45. The van der Waals surface area contributed by atoms with Crippen molar-refractivity contribution in [3.8, 4) is 0 Å². The summed E-state index contributed by atoms with van der Waals surface area (Å²) in [5.74, 6) is 1.10. The smallest absolute Gasteiger partial charge is 0.141 e. The summed E-state index contributed by atoms with van der Waals surface area (Å²) in [5, 5.41) is 0. The van der Waals surface area contributed by atoms with Gasteiger partial charge in [0.2, 0.25) is 0 Å². The zero-order valence-electron chi connectivity index (χ0n) is 4.13. The van der Waals surface area contributed by atoms with Crippen molar-refractivity contribution in [2.45, 2.75) is 4.71 Å². The Morgan fingerprint density at radius 2 is 2.86 bits per heavy atom. The van der Waals surface area contributed by atoms with Crippen LogP contribution in [0.5, 0.6) is 0 Å². The van der Waals surface area contributed by atoms with E-state index in [0.717, 1.165) is 5.75 Å². The van der Waals surface area contributed by atoms with Crippen LogP contribution in [-0.2, 0) is 0 Å². The summed E-state index contributed by atoms with van der Waals surface area (Å²) in [6, 6.07) is 0. The molecule has 0 bridgehead atoms. The summed E-state index contributed by atoms with van der Waals surface area (Å²) in [4.78, 5) is 4.16. The van der Waals surface area contributed by atoms with E-state index in [1.807, 2.05) is 18.0 Å². The van der Waals surface area contributed by atoms with Gasteiger partial charge in [-0.25, -0.2) is 0 Å². The third-order valence-electron chi connectivity index (χ3n) is 0.742. The van der Waals surface area contributed by atoms with Crippen molar-refractivity contribution >= 4 is 29.7 Å². The summed E-state index contributed by atoms with van der Waals surface area (Å²) >= 11 is 3.68. The molecule has 1 rings (SSSR count). The molecular weight excluding hydrogens is 126 g/mol. The van der Waals surface area contributed by atoms with E-state index < -0.39 is 0 Å². The summed E-state index contributed by atoms with van der Waals surface area (Å²) in [5.41, 5.74) is 0. The van der Waals surface area contributed by atoms with Gasteiger partial charge in [-0.15, -0.1) is 23.5 Å². The molecule has 0 saturated heterocycles. The Morgan fingerprint density at radius 1 is 2.00 bits per heavy atom. The molecule has 0 spiro atoms. The number of nitrogens with zero attached hydrogens (tertiary/aromatic N) is 1. The normalized spacial score (nSPS) is 29.0. The van der Waals surface area contributed by atoms with Gasteiger partial charge < -0.3 is 0 Å². The van der Waals surface area contributed by atoms with Crippen LogP contribution in [0.1, 0.15) is 0 Å². The van der Waals surface area contributed by atoms with Gasteiger partial charge in [-0.1, -0.05) is 0 Å². The molecule has 1 aliphatic heterocycles. The van der Waals surface area contributed by atoms with Gasteiger partial charge in [0.05, 0.1) is 0 Å². The molecule has 0 aromatic rings. The third-order valence-corrected chi connectivity index (χ3v) is 3.00. The fourth-order valence-electron chi connectivity index (χ4n) is 0.426. The Labute approximate surface area is 52.0 Å². The topological polar surface area (TPSA) is 12.4 Å². The average molecular weight is 133 g/mol. The Bertz CT molecular complexity index is 81.8. The van der Waals surface area contributed by atoms with Gasteiger partial charge in [0.25, 0.3) is 0 Å². The second-order valence-electron chi connectivity index (χ2n) is 1.21. The molecule has 0 radical (unpaired) electrons. The first-order valence-corrected chi connectivity index (χ1v) is 4.43. The Balaban J connectivity index is 2.28. The molecule has 1 unspecified atom stereocenters. The quantitative estimate of drug-likeness (QED) is 0.537. The zero-order chi connectivity index (χ0) is 5.11. The minimum Gasteiger partial charge on any atom is -0.271 e. The van der Waals surface area contributed by atoms with Gasteiger partial charge in [0.15, 0.2) is 0 Å². The van der Waals surface area contributed by atoms with E-state index in [1.54, 1.807) is 11.8 Å². The van der Waals surface area contributed by atoms with Crippen molar-refractivity contribution in [1.82, 2.24) is 0 Å². The molecule has 1 aliphatic rings. The summed E-state index contributed by atoms with van der Waals surface area (Å²) in [7, 11) is 0. The fourth-order valence-corrected chi connectivity index (χ4v) is 1.92. The Morgan fingerprint density at radius 3 is 3.14 bits per heavy atom. The Hall–Kier alpha value is 0.370. The molecule has 40 valence electrons. The minimum atomic E-state index is 0.500. The van der Waals surface area contributed by atoms with Crippen molar-refractivity contribution in [3.63, 3.8) is 0 Å². The number of rotatable bonds is 1. The average Bonchev–Trinajstić information content (AvgIpc) is 2.14. The molecule has 0 fully saturated rings. The van der Waals surface area contributed by atoms with E-state index in [-0.39, 0.29) is 0 Å². The third kappa shape index (κ3) is 1.39. The zero-order valence-corrected chi connectivity index (χ0v) is 5.76. The molecule has 0 aromatic carbocycles. The van der Waals surface area contributed by atoms with Crippen LogP contribution in [0.2, 0.25) is 0 Å². The maximum Gasteiger partial charge on any atom is 0.141 e. The monoisotopic (exact) mass is 133 g/mol. The van der Waals surface area contributed by atoms with Crippen molar-refractivity contribution in [1.29, 1.82) is 0 Å². The van der Waals surface area contributed by atoms with E-state index in [4.69, 9.17) is 0 Å². The van der Waals surface area contributed by atoms with Gasteiger partial charge in [0, 0.05) is 12.0 Å². The second kappa shape index (κ2) is 2.62. The first-order chi connectivity index (χ1) is 3.43. The van der Waals surface area contributed by atoms with E-state index in [0.29, 0.717) is 4.71 Å². The highest BCUT2D eigenvalue weighted by Crippen LogP contribution is 2.25. The van der Waals surface area contributed by atoms with Crippen LogP contribution in [0.3, 0.4) is 0 Å². The highest BCUT2D eigenvalue weighted by molar-refractivity contribution is 8.17. The number of aliphatic imine (C=N–C) groups is 1. The summed E-state index contributed by atoms with van der Waals surface area (Å²) in [6.45, 7) is 0. The van der Waals surface area contributed by atoms with Crippen molar-refractivity contribution in [2.75, 3.05) is 12.0 Å². The largest absolute Gasteiger partial charge is 0.271 e. The van der Waals surface area contributed by atoms with Gasteiger partial charge in [-0.05, 0) is 6.26 Å². The molecule has 0 aliphatic carbocycles. The van der Waals surface area contributed by atoms with Gasteiger partial charge in [-0.2, -0.15) is 0 Å². The van der Waals surface area contributed by atoms with Crippen molar-refractivity contribution in [3.05, 3.63) is 0 Å². The summed E-state index contributed by atoms with van der Waals surface area (Å²) < 4.78 is 0.500. The molecule has 0 N–H and O–H groups in total. The SMILES string of the molecule is CSC1N=CCS1. The van der Waals surface area contributed by atoms with Crippen LogP contribution in [0, 0.1) is 0 Å². The van der Waals surface area contributed by atoms with Crippen LogP contribution in [0.15, 0.2) is 4.99 Å². The molecule has 0 aromatic heterocycles. The first-order valence-electron chi connectivity index (χ1n) is 2.09. The van der Waals surface area contributed by atoms with E-state index in [1.165, 1.54) is 0 Å². The molecule has 7 heavy (non-hydrogen) atoms. The van der Waals surface area contributed by atoms with Crippen LogP contribution >= 0.6 is 23.5 Å². The van der Waals surface area contributed by atoms with Crippen molar-refractivity contribution in [2.24, 2.45) is 4.99 Å². The summed E-state index contributed by atoms with van der Waals surface area (Å²) in [6.07, 6.45) is 4.06. The van der Waals surface area contributed by atoms with Crippen LogP contribution in [-0.4, -0.2) is 22.9 Å². The van der Waals surface area contributed by atoms with Crippen molar-refractivity contribution < 1.29 is 0 Å². The standard InChI is InChI=1S/C4H7NS2/c1-6-4-5-2-3-7-4/h2,4H,3H2,1H3. The molecule has 1 nitrogen and oxygen atoms in total. The maximum absolute atomic E-state index is 4.16. The number of hydrogen-bond acceptors (Lipinski definition) is 3. The van der Waals surface area contributed by atoms with Crippen LogP contribution in [0.25, 0.3) is 0 Å². The molecule has 1 heterocycles. The minimum absolute atomic E-state index is 0.500. The lowest BCUT2D eigenvalue weighted by atomic mass is 10.9. The van der Waals surface area contributed by atoms with E-state index in [2.05, 4.69) is 11.2 Å². The highest BCUT2D eigenvalue weighted by Gasteiger charge is 2.06. The predicted molar refractivity (Wildman–Crippen MR) is 38.3 cm³/mol. The van der Waals surface area contributed by atoms with Crippen LogP contribution in [0.4, 0.5) is 0 Å². The number of hydrogen-bond donors (Lipinski definition) is 0. The molecule has 0 amide bonds. The molecule has 1 atom stereocenters. The molecular formula is C4H7NS2. The molecule has 3 heteroatoms. The molecule has 0 saturated carbocycles. The van der Waals surface area contributed by atoms with Gasteiger partial charge >= 0.3 is 0 Å². The van der Waals surface area contributed by atoms with E-state index >= 15 is 0 Å². The first kappa shape index (κ1) is 5.51. The van der Waals surface area contributed by atoms with E-state index in [9.17, 15) is 0 Å². The number of thioether (sulfide) groups is 2. The fraction of sp³-hybridized carbons (Fsp3) is 0.750. The Kier molecular flexibility index (Phi) is 2.06. The van der Waals surface area contributed by atoms with Gasteiger partial charge in [0.1, 0.15) is 4.71 Å². The second-order valence-corrected chi connectivity index (χ2v) is 3.54. The van der Waals surface area contributed by atoms with Crippen LogP contribution < -0.4 is 0 Å². The van der Waals surface area contributed by atoms with Gasteiger partial charge in [-0.3, -0.25) is 4.99 Å². The lowest BCUT2D eigenvalue weighted by molar-refractivity contribution is 1.34. The maximum atomic E-state index is 4.16.